The minimum absolute atomic E-state index is 0.289. The van der Waals surface area contributed by atoms with Crippen molar-refractivity contribution in [1.29, 1.82) is 0 Å². The zero-order chi connectivity index (χ0) is 14.7. The van der Waals surface area contributed by atoms with Crippen molar-refractivity contribution >= 4 is 0 Å². The molecule has 110 valence electrons. The molecule has 0 unspecified atom stereocenters. The molecular formula is C19H23NO. The molecule has 3 rings (SSSR count). The monoisotopic (exact) mass is 281 g/mol. The number of hydrogen-bond donors (Lipinski definition) is 2. The molecule has 0 saturated heterocycles. The fourth-order valence-electron chi connectivity index (χ4n) is 3.06. The van der Waals surface area contributed by atoms with E-state index in [1.807, 2.05) is 18.2 Å². The number of benzene rings is 2. The number of phenols is 1. The van der Waals surface area contributed by atoms with Gasteiger partial charge in [0.15, 0.2) is 0 Å². The molecule has 2 aromatic carbocycles. The van der Waals surface area contributed by atoms with E-state index in [4.69, 9.17) is 0 Å². The lowest BCUT2D eigenvalue weighted by atomic mass is 9.89. The van der Waals surface area contributed by atoms with E-state index in [2.05, 4.69) is 30.4 Å². The first kappa shape index (κ1) is 14.2. The van der Waals surface area contributed by atoms with Crippen molar-refractivity contribution in [1.82, 2.24) is 5.32 Å². The summed E-state index contributed by atoms with van der Waals surface area (Å²) in [5.74, 6) is 0.364. The van der Waals surface area contributed by atoms with E-state index in [9.17, 15) is 5.11 Å². The molecule has 2 N–H and O–H groups in total. The summed E-state index contributed by atoms with van der Waals surface area (Å²) in [6.45, 7) is 2.87. The molecule has 0 fully saturated rings. The molecule has 1 atom stereocenters. The van der Waals surface area contributed by atoms with Gasteiger partial charge in [-0.1, -0.05) is 36.4 Å². The number of aryl methyl sites for hydroxylation is 2. The predicted octanol–water partition coefficient (Wildman–Crippen LogP) is 4.12. The van der Waals surface area contributed by atoms with E-state index in [1.54, 1.807) is 6.07 Å². The number of nitrogens with one attached hydrogen (secondary N) is 1. The lowest BCUT2D eigenvalue weighted by Gasteiger charge is -2.20. The van der Waals surface area contributed by atoms with Crippen molar-refractivity contribution in [2.24, 2.45) is 0 Å². The highest BCUT2D eigenvalue weighted by molar-refractivity contribution is 5.35. The van der Waals surface area contributed by atoms with E-state index in [0.717, 1.165) is 5.56 Å². The Kier molecular flexibility index (Phi) is 4.26. The van der Waals surface area contributed by atoms with E-state index < -0.39 is 0 Å². The number of phenolic OH excluding ortho intramolecular Hbond substituents is 1. The third-order valence-corrected chi connectivity index (χ3v) is 4.46. The van der Waals surface area contributed by atoms with Crippen molar-refractivity contribution in [2.75, 3.05) is 0 Å². The Bertz CT molecular complexity index is 621. The van der Waals surface area contributed by atoms with Gasteiger partial charge in [0.05, 0.1) is 0 Å². The summed E-state index contributed by atoms with van der Waals surface area (Å²) in [7, 11) is 0. The van der Waals surface area contributed by atoms with Crippen molar-refractivity contribution in [3.8, 4) is 5.75 Å². The van der Waals surface area contributed by atoms with Gasteiger partial charge < -0.3 is 10.4 Å². The molecule has 2 heteroatoms. The van der Waals surface area contributed by atoms with E-state index in [-0.39, 0.29) is 6.04 Å². The van der Waals surface area contributed by atoms with Crippen LogP contribution in [0.3, 0.4) is 0 Å². The lowest BCUT2D eigenvalue weighted by Crippen LogP contribution is -2.18. The highest BCUT2D eigenvalue weighted by atomic mass is 16.3. The minimum atomic E-state index is 0.289. The first-order valence-corrected chi connectivity index (χ1v) is 7.86. The lowest BCUT2D eigenvalue weighted by molar-refractivity contribution is 0.460. The molecule has 0 amide bonds. The standard InChI is InChI=1S/C19H23NO/c1-14(20-13-18-8-4-5-9-19(18)21)16-11-10-15-6-2-3-7-17(15)12-16/h4-5,8-12,14,20-21H,2-3,6-7,13H2,1H3/t14-/m0/s1. The summed E-state index contributed by atoms with van der Waals surface area (Å²) in [6, 6.07) is 14.7. The molecule has 1 aliphatic rings. The number of hydrogen-bond acceptors (Lipinski definition) is 2. The van der Waals surface area contributed by atoms with Gasteiger partial charge >= 0.3 is 0 Å². The van der Waals surface area contributed by atoms with E-state index >= 15 is 0 Å². The van der Waals surface area contributed by atoms with Crippen LogP contribution in [-0.4, -0.2) is 5.11 Å². The van der Waals surface area contributed by atoms with Crippen molar-refractivity contribution in [3.05, 3.63) is 64.7 Å². The average Bonchev–Trinajstić information content (AvgIpc) is 2.53. The normalized spacial score (nSPS) is 15.5. The SMILES string of the molecule is C[C@H](NCc1ccccc1O)c1ccc2c(c1)CCCC2. The van der Waals surface area contributed by atoms with Gasteiger partial charge in [0.25, 0.3) is 0 Å². The van der Waals surface area contributed by atoms with Gasteiger partial charge in [-0.3, -0.25) is 0 Å². The highest BCUT2D eigenvalue weighted by Gasteiger charge is 2.12. The van der Waals surface area contributed by atoms with Gasteiger partial charge in [0, 0.05) is 18.2 Å². The summed E-state index contributed by atoms with van der Waals surface area (Å²) in [5.41, 5.74) is 5.33. The Labute approximate surface area is 126 Å². The molecule has 1 aliphatic carbocycles. The molecular weight excluding hydrogens is 258 g/mol. The van der Waals surface area contributed by atoms with Crippen LogP contribution < -0.4 is 5.32 Å². The Hall–Kier alpha value is -1.80. The van der Waals surface area contributed by atoms with Crippen LogP contribution >= 0.6 is 0 Å². The maximum atomic E-state index is 9.81. The van der Waals surface area contributed by atoms with Crippen LogP contribution in [0.1, 0.15) is 48.1 Å². The zero-order valence-electron chi connectivity index (χ0n) is 12.6. The first-order valence-electron chi connectivity index (χ1n) is 7.86. The summed E-state index contributed by atoms with van der Waals surface area (Å²) >= 11 is 0. The van der Waals surface area contributed by atoms with Gasteiger partial charge in [-0.15, -0.1) is 0 Å². The molecule has 2 nitrogen and oxygen atoms in total. The van der Waals surface area contributed by atoms with Crippen LogP contribution in [0.4, 0.5) is 0 Å². The molecule has 2 aromatic rings. The van der Waals surface area contributed by atoms with E-state index in [1.165, 1.54) is 42.4 Å². The van der Waals surface area contributed by atoms with Crippen LogP contribution in [0.15, 0.2) is 42.5 Å². The minimum Gasteiger partial charge on any atom is -0.508 e. The molecule has 0 spiro atoms. The topological polar surface area (TPSA) is 32.3 Å². The third-order valence-electron chi connectivity index (χ3n) is 4.46. The molecule has 0 radical (unpaired) electrons. The van der Waals surface area contributed by atoms with Crippen molar-refractivity contribution in [3.63, 3.8) is 0 Å². The second-order valence-corrected chi connectivity index (χ2v) is 5.97. The number of aromatic hydroxyl groups is 1. The summed E-state index contributed by atoms with van der Waals surface area (Å²) in [5, 5.41) is 13.3. The van der Waals surface area contributed by atoms with Crippen LogP contribution in [0.5, 0.6) is 5.75 Å². The van der Waals surface area contributed by atoms with Crippen LogP contribution in [-0.2, 0) is 19.4 Å². The Morgan fingerprint density at radius 1 is 1.05 bits per heavy atom. The quantitative estimate of drug-likeness (QED) is 0.883. The first-order chi connectivity index (χ1) is 10.2. The van der Waals surface area contributed by atoms with Gasteiger partial charge in [0.1, 0.15) is 5.75 Å². The molecule has 0 aromatic heterocycles. The third kappa shape index (κ3) is 3.27. The second kappa shape index (κ2) is 6.31. The fourth-order valence-corrected chi connectivity index (χ4v) is 3.06. The van der Waals surface area contributed by atoms with Crippen LogP contribution in [0.25, 0.3) is 0 Å². The van der Waals surface area contributed by atoms with Gasteiger partial charge in [-0.2, -0.15) is 0 Å². The number of para-hydroxylation sites is 1. The smallest absolute Gasteiger partial charge is 0.120 e. The Balaban J connectivity index is 1.68. The molecule has 21 heavy (non-hydrogen) atoms. The summed E-state index contributed by atoms with van der Waals surface area (Å²) < 4.78 is 0. The number of fused-ring (bicyclic) bond motifs is 1. The van der Waals surface area contributed by atoms with E-state index in [0.29, 0.717) is 12.3 Å². The predicted molar refractivity (Wildman–Crippen MR) is 86.4 cm³/mol. The van der Waals surface area contributed by atoms with Crippen LogP contribution in [0.2, 0.25) is 0 Å². The number of rotatable bonds is 4. The van der Waals surface area contributed by atoms with Crippen LogP contribution in [0, 0.1) is 0 Å². The maximum absolute atomic E-state index is 9.81. The zero-order valence-corrected chi connectivity index (χ0v) is 12.6. The second-order valence-electron chi connectivity index (χ2n) is 5.97. The summed E-state index contributed by atoms with van der Waals surface area (Å²) in [6.07, 6.45) is 5.09. The molecule has 0 heterocycles. The molecule has 0 aliphatic heterocycles. The average molecular weight is 281 g/mol. The van der Waals surface area contributed by atoms with Crippen molar-refractivity contribution < 1.29 is 5.11 Å². The van der Waals surface area contributed by atoms with Crippen molar-refractivity contribution in [2.45, 2.75) is 45.2 Å². The van der Waals surface area contributed by atoms with Gasteiger partial charge in [-0.25, -0.2) is 0 Å². The van der Waals surface area contributed by atoms with Gasteiger partial charge in [0.2, 0.25) is 0 Å². The Morgan fingerprint density at radius 3 is 2.62 bits per heavy atom. The fraction of sp³-hybridized carbons (Fsp3) is 0.368. The molecule has 0 bridgehead atoms. The maximum Gasteiger partial charge on any atom is 0.120 e. The highest BCUT2D eigenvalue weighted by Crippen LogP contribution is 2.25. The Morgan fingerprint density at radius 2 is 1.81 bits per heavy atom. The largest absolute Gasteiger partial charge is 0.508 e. The molecule has 0 saturated carbocycles. The summed E-state index contributed by atoms with van der Waals surface area (Å²) in [4.78, 5) is 0. The van der Waals surface area contributed by atoms with Gasteiger partial charge in [-0.05, 0) is 55.4 Å².